The zero-order valence-corrected chi connectivity index (χ0v) is 21.1. The number of terminal acetylenes is 1. The van der Waals surface area contributed by atoms with Gasteiger partial charge in [-0.1, -0.05) is 54.6 Å². The molecule has 0 radical (unpaired) electrons. The van der Waals surface area contributed by atoms with Gasteiger partial charge in [0.2, 0.25) is 0 Å². The van der Waals surface area contributed by atoms with Crippen LogP contribution in [0, 0.1) is 18.3 Å². The summed E-state index contributed by atoms with van der Waals surface area (Å²) in [6.07, 6.45) is 6.64. The largest absolute Gasteiger partial charge is 0.490 e. The number of amides is 2. The number of rotatable bonds is 10. The fourth-order valence-corrected chi connectivity index (χ4v) is 3.39. The van der Waals surface area contributed by atoms with Crippen LogP contribution in [0.2, 0.25) is 15.1 Å². The molecular weight excluding hydrogens is 501 g/mol. The van der Waals surface area contributed by atoms with Gasteiger partial charge in [0.15, 0.2) is 11.5 Å². The van der Waals surface area contributed by atoms with Gasteiger partial charge in [0.25, 0.3) is 11.8 Å². The van der Waals surface area contributed by atoms with Gasteiger partial charge in [0, 0.05) is 5.56 Å². The van der Waals surface area contributed by atoms with E-state index in [4.69, 9.17) is 50.7 Å². The van der Waals surface area contributed by atoms with Crippen molar-refractivity contribution in [1.82, 2.24) is 10.7 Å². The Kier molecular flexibility index (Phi) is 10.5. The number of nitrogens with zero attached hydrogens (tertiary/aromatic N) is 1. The third-order valence-electron chi connectivity index (χ3n) is 4.44. The van der Waals surface area contributed by atoms with Crippen molar-refractivity contribution < 1.29 is 19.1 Å². The zero-order chi connectivity index (χ0) is 25.3. The number of nitrogens with one attached hydrogen (secondary N) is 2. The van der Waals surface area contributed by atoms with E-state index in [1.165, 1.54) is 24.4 Å². The first-order chi connectivity index (χ1) is 16.2. The molecule has 10 heteroatoms. The van der Waals surface area contributed by atoms with Gasteiger partial charge in [-0.05, 0) is 48.7 Å². The maximum absolute atomic E-state index is 12.7. The van der Waals surface area contributed by atoms with E-state index in [2.05, 4.69) is 21.8 Å². The average Bonchev–Trinajstić information content (AvgIpc) is 2.78. The van der Waals surface area contributed by atoms with Gasteiger partial charge >= 0.3 is 0 Å². The number of hydrazone groups is 1. The van der Waals surface area contributed by atoms with E-state index < -0.39 is 17.9 Å². The van der Waals surface area contributed by atoms with Crippen LogP contribution in [-0.2, 0) is 4.79 Å². The Morgan fingerprint density at radius 2 is 1.85 bits per heavy atom. The van der Waals surface area contributed by atoms with E-state index in [0.717, 1.165) is 0 Å². The van der Waals surface area contributed by atoms with Gasteiger partial charge in [0.1, 0.15) is 12.6 Å². The van der Waals surface area contributed by atoms with Crippen molar-refractivity contribution in [2.24, 2.45) is 11.0 Å². The summed E-state index contributed by atoms with van der Waals surface area (Å²) in [6, 6.07) is 6.87. The van der Waals surface area contributed by atoms with Gasteiger partial charge in [-0.25, -0.2) is 5.43 Å². The minimum Gasteiger partial charge on any atom is -0.490 e. The van der Waals surface area contributed by atoms with Crippen LogP contribution in [0.3, 0.4) is 0 Å². The molecule has 0 bridgehead atoms. The lowest BCUT2D eigenvalue weighted by molar-refractivity contribution is -0.123. The fourth-order valence-electron chi connectivity index (χ4n) is 2.82. The number of halogens is 3. The Hall–Kier alpha value is -2.92. The molecule has 0 spiro atoms. The second-order valence-corrected chi connectivity index (χ2v) is 8.54. The van der Waals surface area contributed by atoms with E-state index in [9.17, 15) is 9.59 Å². The molecule has 0 aliphatic rings. The van der Waals surface area contributed by atoms with Crippen LogP contribution in [0.4, 0.5) is 0 Å². The maximum atomic E-state index is 12.7. The Morgan fingerprint density at radius 1 is 1.12 bits per heavy atom. The molecule has 180 valence electrons. The lowest BCUT2D eigenvalue weighted by Crippen LogP contribution is -2.48. The lowest BCUT2D eigenvalue weighted by atomic mass is 10.0. The number of benzene rings is 2. The summed E-state index contributed by atoms with van der Waals surface area (Å²) in [6.45, 7) is 5.83. The zero-order valence-electron chi connectivity index (χ0n) is 18.8. The first-order valence-electron chi connectivity index (χ1n) is 10.3. The van der Waals surface area contributed by atoms with Gasteiger partial charge in [-0.15, -0.1) is 6.42 Å². The van der Waals surface area contributed by atoms with Crippen LogP contribution in [0.1, 0.15) is 36.7 Å². The Labute approximate surface area is 213 Å². The summed E-state index contributed by atoms with van der Waals surface area (Å²) in [4.78, 5) is 25.3. The third-order valence-corrected chi connectivity index (χ3v) is 5.46. The number of ether oxygens (including phenoxy) is 2. The number of hydrogen-bond acceptors (Lipinski definition) is 5. The van der Waals surface area contributed by atoms with E-state index in [-0.39, 0.29) is 28.1 Å². The van der Waals surface area contributed by atoms with Crippen molar-refractivity contribution in [3.8, 4) is 23.8 Å². The van der Waals surface area contributed by atoms with Crippen molar-refractivity contribution in [2.75, 3.05) is 13.2 Å². The smallest absolute Gasteiger partial charge is 0.262 e. The third kappa shape index (κ3) is 7.56. The summed E-state index contributed by atoms with van der Waals surface area (Å²) >= 11 is 18.2. The minimum absolute atomic E-state index is 0.0355. The maximum Gasteiger partial charge on any atom is 0.262 e. The lowest BCUT2D eigenvalue weighted by Gasteiger charge is -2.20. The monoisotopic (exact) mass is 523 g/mol. The van der Waals surface area contributed by atoms with Crippen molar-refractivity contribution in [1.29, 1.82) is 0 Å². The highest BCUT2D eigenvalue weighted by Gasteiger charge is 2.25. The summed E-state index contributed by atoms with van der Waals surface area (Å²) in [5, 5.41) is 7.52. The van der Waals surface area contributed by atoms with Crippen LogP contribution < -0.4 is 20.2 Å². The SMILES string of the molecule is C#CCOc1c(Cl)cc(/C=N/NC(=O)C(NC(=O)c2ccc(Cl)c(Cl)c2)C(C)C)cc1OCC. The Balaban J connectivity index is 2.12. The first-order valence-corrected chi connectivity index (χ1v) is 11.4. The summed E-state index contributed by atoms with van der Waals surface area (Å²) < 4.78 is 11.0. The molecule has 2 aromatic rings. The highest BCUT2D eigenvalue weighted by Crippen LogP contribution is 2.36. The van der Waals surface area contributed by atoms with Crippen LogP contribution in [0.5, 0.6) is 11.5 Å². The molecule has 0 saturated heterocycles. The highest BCUT2D eigenvalue weighted by molar-refractivity contribution is 6.42. The van der Waals surface area contributed by atoms with Crippen molar-refractivity contribution in [3.05, 3.63) is 56.5 Å². The van der Waals surface area contributed by atoms with E-state index in [1.54, 1.807) is 26.0 Å². The molecular formula is C24H24Cl3N3O4. The average molecular weight is 525 g/mol. The minimum atomic E-state index is -0.846. The number of carbonyl (C=O) groups excluding carboxylic acids is 2. The molecule has 0 saturated carbocycles. The van der Waals surface area contributed by atoms with Gasteiger partial charge in [0.05, 0.1) is 27.9 Å². The van der Waals surface area contributed by atoms with E-state index in [0.29, 0.717) is 28.7 Å². The van der Waals surface area contributed by atoms with Crippen molar-refractivity contribution >= 4 is 52.8 Å². The number of carbonyl (C=O) groups is 2. The summed E-state index contributed by atoms with van der Waals surface area (Å²) in [5.74, 6) is 1.92. The molecule has 2 N–H and O–H groups in total. The predicted molar refractivity (Wildman–Crippen MR) is 135 cm³/mol. The highest BCUT2D eigenvalue weighted by atomic mass is 35.5. The summed E-state index contributed by atoms with van der Waals surface area (Å²) in [7, 11) is 0. The molecule has 34 heavy (non-hydrogen) atoms. The Morgan fingerprint density at radius 3 is 2.47 bits per heavy atom. The van der Waals surface area contributed by atoms with Crippen molar-refractivity contribution in [2.45, 2.75) is 26.8 Å². The molecule has 2 rings (SSSR count). The molecule has 0 fully saturated rings. The topological polar surface area (TPSA) is 89.0 Å². The van der Waals surface area contributed by atoms with Gasteiger partial charge in [-0.2, -0.15) is 5.10 Å². The Bertz CT molecular complexity index is 1110. The molecule has 0 heterocycles. The normalized spacial score (nSPS) is 11.7. The molecule has 2 aromatic carbocycles. The van der Waals surface area contributed by atoms with Crippen LogP contribution in [0.15, 0.2) is 35.4 Å². The van der Waals surface area contributed by atoms with Crippen molar-refractivity contribution in [3.63, 3.8) is 0 Å². The second-order valence-electron chi connectivity index (χ2n) is 7.31. The molecule has 0 aliphatic carbocycles. The molecule has 7 nitrogen and oxygen atoms in total. The van der Waals surface area contributed by atoms with E-state index in [1.807, 2.05) is 6.92 Å². The van der Waals surface area contributed by atoms with E-state index >= 15 is 0 Å². The molecule has 2 amide bonds. The molecule has 0 aromatic heterocycles. The summed E-state index contributed by atoms with van der Waals surface area (Å²) in [5.41, 5.74) is 3.27. The number of hydrogen-bond donors (Lipinski definition) is 2. The molecule has 1 atom stereocenters. The fraction of sp³-hybridized carbons (Fsp3) is 0.292. The standard InChI is InChI=1S/C24H24Cl3N3O4/c1-5-9-34-22-19(27)10-15(11-20(22)33-6-2)13-28-30-24(32)21(14(3)4)29-23(31)16-7-8-17(25)18(26)12-16/h1,7-8,10-14,21H,6,9H2,2-4H3,(H,29,31)(H,30,32)/b28-13+. The van der Waals surface area contributed by atoms with Gasteiger partial charge < -0.3 is 14.8 Å². The quantitative estimate of drug-likeness (QED) is 0.261. The van der Waals surface area contributed by atoms with Crippen LogP contribution in [-0.4, -0.2) is 37.3 Å². The van der Waals surface area contributed by atoms with Crippen LogP contribution >= 0.6 is 34.8 Å². The predicted octanol–water partition coefficient (Wildman–Crippen LogP) is 4.96. The first kappa shape index (κ1) is 27.3. The van der Waals surface area contributed by atoms with Crippen LogP contribution in [0.25, 0.3) is 0 Å². The van der Waals surface area contributed by atoms with Gasteiger partial charge in [-0.3, -0.25) is 9.59 Å². The molecule has 1 unspecified atom stereocenters. The molecule has 0 aliphatic heterocycles. The second kappa shape index (κ2) is 13.1.